The van der Waals surface area contributed by atoms with Crippen LogP contribution >= 0.6 is 0 Å². The van der Waals surface area contributed by atoms with Crippen LogP contribution in [0.5, 0.6) is 0 Å². The molecule has 2 aromatic rings. The number of hydrogen-bond donors (Lipinski definition) is 5. The minimum atomic E-state index is -2.53. The largest absolute Gasteiger partial charge is 0.442 e. The van der Waals surface area contributed by atoms with Crippen molar-refractivity contribution >= 4 is 12.2 Å². The summed E-state index contributed by atoms with van der Waals surface area (Å²) in [7, 11) is 0. The van der Waals surface area contributed by atoms with Gasteiger partial charge in [-0.1, -0.05) is 61.9 Å². The molecule has 1 atom stereocenters. The summed E-state index contributed by atoms with van der Waals surface area (Å²) >= 11 is 0. The van der Waals surface area contributed by atoms with Crippen LogP contribution in [0.1, 0.15) is 58.6 Å². The van der Waals surface area contributed by atoms with E-state index in [2.05, 4.69) is 0 Å². The molecule has 0 aliphatic heterocycles. The second-order valence-electron chi connectivity index (χ2n) is 10.4. The topological polar surface area (TPSA) is 155 Å². The predicted octanol–water partition coefficient (Wildman–Crippen LogP) is 3.47. The zero-order valence-corrected chi connectivity index (χ0v) is 22.9. The lowest BCUT2D eigenvalue weighted by Gasteiger charge is -2.46. The highest BCUT2D eigenvalue weighted by molar-refractivity contribution is 5.73. The van der Waals surface area contributed by atoms with E-state index < -0.39 is 29.2 Å². The van der Waals surface area contributed by atoms with Gasteiger partial charge in [-0.05, 0) is 62.8 Å². The standard InChI is InChI=1S/C28H41N3O7/c1-6-7-17-31(25(34)38-30-24(33)37-26(2,3)4)28(29,27(5,35)36)19-20-12-14-22(15-13-20)23-11-9-8-10-21(23)16-18-32/h8-15,32,35-36H,6-7,16-19,29H2,1-5H3,(H,30,33). The first-order valence-electron chi connectivity index (χ1n) is 12.7. The predicted molar refractivity (Wildman–Crippen MR) is 144 cm³/mol. The van der Waals surface area contributed by atoms with Gasteiger partial charge in [0.25, 0.3) is 0 Å². The van der Waals surface area contributed by atoms with Crippen LogP contribution in [0, 0.1) is 0 Å². The van der Waals surface area contributed by atoms with Crippen LogP contribution in [-0.2, 0) is 22.4 Å². The molecule has 38 heavy (non-hydrogen) atoms. The molecule has 0 radical (unpaired) electrons. The molecule has 0 saturated heterocycles. The van der Waals surface area contributed by atoms with Crippen LogP contribution in [0.3, 0.4) is 0 Å². The van der Waals surface area contributed by atoms with Crippen LogP contribution in [-0.4, -0.2) is 62.6 Å². The van der Waals surface area contributed by atoms with E-state index in [1.165, 1.54) is 0 Å². The number of unbranched alkanes of at least 4 members (excludes halogenated alkanes) is 1. The second kappa shape index (κ2) is 13.1. The number of hydroxylamine groups is 1. The van der Waals surface area contributed by atoms with Crippen molar-refractivity contribution in [3.8, 4) is 11.1 Å². The molecule has 0 saturated carbocycles. The van der Waals surface area contributed by atoms with E-state index in [0.29, 0.717) is 24.8 Å². The van der Waals surface area contributed by atoms with Crippen molar-refractivity contribution in [3.63, 3.8) is 0 Å². The van der Waals surface area contributed by atoms with Crippen molar-refractivity contribution in [2.45, 2.75) is 77.4 Å². The third-order valence-corrected chi connectivity index (χ3v) is 6.02. The lowest BCUT2D eigenvalue weighted by Crippen LogP contribution is -2.72. The van der Waals surface area contributed by atoms with Gasteiger partial charge in [-0.25, -0.2) is 9.59 Å². The summed E-state index contributed by atoms with van der Waals surface area (Å²) in [5.41, 5.74) is 9.21. The molecular weight excluding hydrogens is 490 g/mol. The van der Waals surface area contributed by atoms with Crippen molar-refractivity contribution in [2.75, 3.05) is 13.2 Å². The molecule has 0 aliphatic carbocycles. The van der Waals surface area contributed by atoms with Crippen molar-refractivity contribution < 1.29 is 34.5 Å². The third kappa shape index (κ3) is 8.42. The van der Waals surface area contributed by atoms with Crippen LogP contribution in [0.2, 0.25) is 0 Å². The lowest BCUT2D eigenvalue weighted by atomic mass is 9.89. The van der Waals surface area contributed by atoms with Gasteiger partial charge in [-0.15, -0.1) is 5.48 Å². The molecule has 0 aromatic heterocycles. The highest BCUT2D eigenvalue weighted by Gasteiger charge is 2.50. The first kappa shape index (κ1) is 31.0. The zero-order valence-electron chi connectivity index (χ0n) is 22.9. The summed E-state index contributed by atoms with van der Waals surface area (Å²) in [4.78, 5) is 31.0. The number of aliphatic hydroxyl groups excluding tert-OH is 1. The Bertz CT molecular complexity index is 1060. The maximum Gasteiger partial charge on any atom is 0.441 e. The summed E-state index contributed by atoms with van der Waals surface area (Å²) in [5, 5.41) is 30.8. The van der Waals surface area contributed by atoms with Crippen molar-refractivity contribution in [2.24, 2.45) is 5.73 Å². The Labute approximate surface area is 224 Å². The van der Waals surface area contributed by atoms with Gasteiger partial charge in [0.15, 0.2) is 11.4 Å². The molecule has 0 heterocycles. The Morgan fingerprint density at radius 2 is 1.66 bits per heavy atom. The molecule has 0 spiro atoms. The molecule has 2 amide bonds. The number of benzene rings is 2. The van der Waals surface area contributed by atoms with Crippen LogP contribution in [0.15, 0.2) is 48.5 Å². The molecule has 2 rings (SSSR count). The van der Waals surface area contributed by atoms with Gasteiger partial charge < -0.3 is 30.6 Å². The minimum Gasteiger partial charge on any atom is -0.442 e. The normalized spacial score (nSPS) is 13.4. The number of rotatable bonds is 10. The number of carbonyl (C=O) groups excluding carboxylic acids is 2. The van der Waals surface area contributed by atoms with Crippen LogP contribution < -0.4 is 11.2 Å². The Morgan fingerprint density at radius 3 is 2.21 bits per heavy atom. The first-order valence-corrected chi connectivity index (χ1v) is 12.7. The average molecular weight is 532 g/mol. The molecule has 210 valence electrons. The molecule has 6 N–H and O–H groups in total. The maximum atomic E-state index is 13.1. The Kier molecular flexibility index (Phi) is 10.7. The number of nitrogens with one attached hydrogen (secondary N) is 1. The fourth-order valence-corrected chi connectivity index (χ4v) is 3.98. The number of ether oxygens (including phenoxy) is 1. The summed E-state index contributed by atoms with van der Waals surface area (Å²) in [6.07, 6.45) is -0.456. The Balaban J connectivity index is 2.32. The van der Waals surface area contributed by atoms with E-state index in [1.54, 1.807) is 32.9 Å². The molecule has 10 heteroatoms. The number of nitrogens with two attached hydrogens (primary N) is 1. The quantitative estimate of drug-likeness (QED) is 0.231. The molecule has 10 nitrogen and oxygen atoms in total. The second-order valence-corrected chi connectivity index (χ2v) is 10.4. The minimum absolute atomic E-state index is 0.0306. The summed E-state index contributed by atoms with van der Waals surface area (Å²) in [6, 6.07) is 15.1. The highest BCUT2D eigenvalue weighted by Crippen LogP contribution is 2.30. The van der Waals surface area contributed by atoms with Gasteiger partial charge in [0.2, 0.25) is 0 Å². The maximum absolute atomic E-state index is 13.1. The summed E-state index contributed by atoms with van der Waals surface area (Å²) < 4.78 is 5.08. The van der Waals surface area contributed by atoms with E-state index in [0.717, 1.165) is 28.5 Å². The molecule has 0 bridgehead atoms. The Hall–Kier alpha value is -3.18. The van der Waals surface area contributed by atoms with Gasteiger partial charge in [0, 0.05) is 19.6 Å². The van der Waals surface area contributed by atoms with Gasteiger partial charge in [-0.3, -0.25) is 4.90 Å². The smallest absolute Gasteiger partial charge is 0.441 e. The van der Waals surface area contributed by atoms with E-state index >= 15 is 0 Å². The highest BCUT2D eigenvalue weighted by atomic mass is 16.7. The first-order chi connectivity index (χ1) is 17.7. The fourth-order valence-electron chi connectivity index (χ4n) is 3.98. The van der Waals surface area contributed by atoms with E-state index in [1.807, 2.05) is 48.8 Å². The zero-order chi connectivity index (χ0) is 28.6. The van der Waals surface area contributed by atoms with E-state index in [9.17, 15) is 24.9 Å². The molecular formula is C28H41N3O7. The lowest BCUT2D eigenvalue weighted by molar-refractivity contribution is -0.231. The van der Waals surface area contributed by atoms with Gasteiger partial charge in [0.05, 0.1) is 0 Å². The summed E-state index contributed by atoms with van der Waals surface area (Å²) in [6.45, 7) is 8.06. The van der Waals surface area contributed by atoms with Gasteiger partial charge >= 0.3 is 12.2 Å². The monoisotopic (exact) mass is 531 g/mol. The fraction of sp³-hybridized carbons (Fsp3) is 0.500. The van der Waals surface area contributed by atoms with Gasteiger partial charge in [-0.2, -0.15) is 0 Å². The average Bonchev–Trinajstić information content (AvgIpc) is 2.82. The number of carbonyl (C=O) groups is 2. The van der Waals surface area contributed by atoms with Crippen LogP contribution in [0.25, 0.3) is 11.1 Å². The number of aliphatic hydroxyl groups is 3. The van der Waals surface area contributed by atoms with Gasteiger partial charge in [0.1, 0.15) is 5.60 Å². The van der Waals surface area contributed by atoms with Crippen LogP contribution in [0.4, 0.5) is 9.59 Å². The third-order valence-electron chi connectivity index (χ3n) is 6.02. The number of nitrogens with zero attached hydrogens (tertiary/aromatic N) is 1. The Morgan fingerprint density at radius 1 is 1.03 bits per heavy atom. The van der Waals surface area contributed by atoms with Crippen molar-refractivity contribution in [3.05, 3.63) is 59.7 Å². The SMILES string of the molecule is CCCCN(C(=O)ONC(=O)OC(C)(C)C)C(N)(Cc1ccc(-c2ccccc2CCO)cc1)C(C)(O)O. The molecule has 1 unspecified atom stereocenters. The van der Waals surface area contributed by atoms with Crippen molar-refractivity contribution in [1.82, 2.24) is 10.4 Å². The number of amides is 2. The number of hydrogen-bond acceptors (Lipinski definition) is 8. The van der Waals surface area contributed by atoms with E-state index in [4.69, 9.17) is 15.3 Å². The van der Waals surface area contributed by atoms with Crippen molar-refractivity contribution in [1.29, 1.82) is 0 Å². The molecule has 0 fully saturated rings. The van der Waals surface area contributed by atoms with E-state index in [-0.39, 0.29) is 19.6 Å². The summed E-state index contributed by atoms with van der Waals surface area (Å²) in [5.74, 6) is -2.53. The molecule has 0 aliphatic rings. The molecule has 2 aromatic carbocycles.